The van der Waals surface area contributed by atoms with E-state index >= 15 is 0 Å². The summed E-state index contributed by atoms with van der Waals surface area (Å²) in [6.45, 7) is 2.81. The molecular weight excluding hydrogens is 428 g/mol. The zero-order valence-electron chi connectivity index (χ0n) is 18.7. The number of pyridine rings is 2. The van der Waals surface area contributed by atoms with Crippen LogP contribution in [0.1, 0.15) is 39.1 Å². The number of hydrogen-bond acceptors (Lipinski definition) is 5. The molecular formula is C26H26N6O2. The fourth-order valence-electron chi connectivity index (χ4n) is 4.34. The summed E-state index contributed by atoms with van der Waals surface area (Å²) in [5, 5.41) is 6.70. The summed E-state index contributed by atoms with van der Waals surface area (Å²) in [6, 6.07) is 15.7. The summed E-state index contributed by atoms with van der Waals surface area (Å²) in [6.07, 6.45) is 8.18. The first kappa shape index (κ1) is 21.8. The van der Waals surface area contributed by atoms with E-state index in [1.807, 2.05) is 12.1 Å². The lowest BCUT2D eigenvalue weighted by molar-refractivity contribution is 0.0907. The van der Waals surface area contributed by atoms with Gasteiger partial charge >= 0.3 is 0 Å². The number of benzene rings is 1. The molecule has 8 nitrogen and oxygen atoms in total. The smallest absolute Gasteiger partial charge is 0.256 e. The zero-order valence-corrected chi connectivity index (χ0v) is 18.7. The van der Waals surface area contributed by atoms with E-state index in [2.05, 4.69) is 54.8 Å². The van der Waals surface area contributed by atoms with Crippen LogP contribution in [0.4, 0.5) is 5.69 Å². The number of rotatable bonds is 6. The van der Waals surface area contributed by atoms with Crippen molar-refractivity contribution in [3.63, 3.8) is 0 Å². The van der Waals surface area contributed by atoms with Crippen molar-refractivity contribution in [1.29, 1.82) is 0 Å². The quantitative estimate of drug-likeness (QED) is 0.413. The van der Waals surface area contributed by atoms with Gasteiger partial charge in [0.2, 0.25) is 0 Å². The average molecular weight is 455 g/mol. The van der Waals surface area contributed by atoms with E-state index in [1.165, 1.54) is 18.0 Å². The van der Waals surface area contributed by atoms with Crippen LogP contribution < -0.4 is 10.6 Å². The fourth-order valence-corrected chi connectivity index (χ4v) is 4.34. The molecule has 0 bridgehead atoms. The molecule has 0 saturated carbocycles. The van der Waals surface area contributed by atoms with Crippen molar-refractivity contribution >= 4 is 28.5 Å². The highest BCUT2D eigenvalue weighted by molar-refractivity contribution is 6.12. The third-order valence-corrected chi connectivity index (χ3v) is 6.13. The second-order valence-corrected chi connectivity index (χ2v) is 8.52. The van der Waals surface area contributed by atoms with Crippen molar-refractivity contribution in [1.82, 2.24) is 25.2 Å². The Labute approximate surface area is 197 Å². The summed E-state index contributed by atoms with van der Waals surface area (Å²) in [5.74, 6) is -0.459. The highest BCUT2D eigenvalue weighted by Gasteiger charge is 2.21. The van der Waals surface area contributed by atoms with Gasteiger partial charge in [-0.15, -0.1) is 0 Å². The number of nitrogens with one attached hydrogen (secondary N) is 3. The Hall–Kier alpha value is -4.04. The summed E-state index contributed by atoms with van der Waals surface area (Å²) in [5.41, 5.74) is 3.35. The summed E-state index contributed by atoms with van der Waals surface area (Å²) < 4.78 is 0. The lowest BCUT2D eigenvalue weighted by Gasteiger charge is -2.32. The van der Waals surface area contributed by atoms with Gasteiger partial charge in [0.05, 0.1) is 23.0 Å². The minimum Gasteiger partial charge on any atom is -0.349 e. The van der Waals surface area contributed by atoms with E-state index in [0.29, 0.717) is 22.5 Å². The Morgan fingerprint density at radius 3 is 2.68 bits per heavy atom. The van der Waals surface area contributed by atoms with Gasteiger partial charge in [-0.05, 0) is 36.6 Å². The van der Waals surface area contributed by atoms with Crippen molar-refractivity contribution in [2.24, 2.45) is 0 Å². The van der Waals surface area contributed by atoms with E-state index < -0.39 is 0 Å². The van der Waals surface area contributed by atoms with Crippen LogP contribution in [-0.2, 0) is 6.54 Å². The molecule has 172 valence electrons. The van der Waals surface area contributed by atoms with E-state index in [9.17, 15) is 9.59 Å². The van der Waals surface area contributed by atoms with Gasteiger partial charge < -0.3 is 15.6 Å². The highest BCUT2D eigenvalue weighted by Crippen LogP contribution is 2.18. The predicted octanol–water partition coefficient (Wildman–Crippen LogP) is 3.60. The van der Waals surface area contributed by atoms with E-state index in [-0.39, 0.29) is 17.9 Å². The van der Waals surface area contributed by atoms with Gasteiger partial charge in [0.1, 0.15) is 5.65 Å². The highest BCUT2D eigenvalue weighted by atomic mass is 16.2. The number of likely N-dealkylation sites (tertiary alicyclic amines) is 1. The van der Waals surface area contributed by atoms with E-state index in [0.717, 1.165) is 37.9 Å². The lowest BCUT2D eigenvalue weighted by Crippen LogP contribution is -2.44. The molecule has 0 spiro atoms. The first-order chi connectivity index (χ1) is 16.7. The number of anilines is 1. The van der Waals surface area contributed by atoms with Gasteiger partial charge in [0.15, 0.2) is 0 Å². The molecule has 34 heavy (non-hydrogen) atoms. The molecule has 0 radical (unpaired) electrons. The normalized spacial score (nSPS) is 14.7. The second kappa shape index (κ2) is 9.84. The third kappa shape index (κ3) is 4.97. The molecule has 5 rings (SSSR count). The molecule has 0 unspecified atom stereocenters. The topological polar surface area (TPSA) is 103 Å². The number of hydrogen-bond donors (Lipinski definition) is 3. The van der Waals surface area contributed by atoms with Crippen LogP contribution in [0.3, 0.4) is 0 Å². The van der Waals surface area contributed by atoms with Gasteiger partial charge in [-0.25, -0.2) is 4.98 Å². The maximum absolute atomic E-state index is 12.8. The molecule has 1 saturated heterocycles. The SMILES string of the molecule is O=C(NC1CCN(Cc2ccccc2)CC1)c1cncc(NC(=O)c2ccnc3[nH]ccc23)c1. The van der Waals surface area contributed by atoms with Gasteiger partial charge in [-0.1, -0.05) is 30.3 Å². The molecule has 4 aromatic rings. The predicted molar refractivity (Wildman–Crippen MR) is 130 cm³/mol. The Bertz CT molecular complexity index is 1290. The fraction of sp³-hybridized carbons (Fsp3) is 0.231. The van der Waals surface area contributed by atoms with Crippen molar-refractivity contribution < 1.29 is 9.59 Å². The van der Waals surface area contributed by atoms with Gasteiger partial charge in [0.25, 0.3) is 11.8 Å². The maximum Gasteiger partial charge on any atom is 0.256 e. The average Bonchev–Trinajstić information content (AvgIpc) is 3.35. The molecule has 8 heteroatoms. The van der Waals surface area contributed by atoms with E-state index in [1.54, 1.807) is 24.5 Å². The number of fused-ring (bicyclic) bond motifs is 1. The number of piperidine rings is 1. The number of nitrogens with zero attached hydrogens (tertiary/aromatic N) is 3. The molecule has 3 aromatic heterocycles. The molecule has 1 fully saturated rings. The lowest BCUT2D eigenvalue weighted by atomic mass is 10.0. The standard InChI is InChI=1S/C26H26N6O2/c33-25(30-20-8-12-32(13-9-20)17-18-4-2-1-3-5-18)19-14-21(16-27-15-19)31-26(34)23-7-11-29-24-22(23)6-10-28-24/h1-7,10-11,14-16,20H,8-9,12-13,17H2,(H,28,29)(H,30,33)(H,31,34). The number of H-pyrrole nitrogens is 1. The van der Waals surface area contributed by atoms with Crippen molar-refractivity contribution in [2.45, 2.75) is 25.4 Å². The minimum atomic E-state index is -0.280. The molecule has 4 heterocycles. The van der Waals surface area contributed by atoms with Crippen molar-refractivity contribution in [3.05, 3.63) is 90.0 Å². The molecule has 0 atom stereocenters. The summed E-state index contributed by atoms with van der Waals surface area (Å²) in [7, 11) is 0. The van der Waals surface area contributed by atoms with E-state index in [4.69, 9.17) is 0 Å². The van der Waals surface area contributed by atoms with Gasteiger partial charge in [0, 0.05) is 49.7 Å². The molecule has 0 aliphatic carbocycles. The van der Waals surface area contributed by atoms with Crippen LogP contribution >= 0.6 is 0 Å². The number of carbonyl (C=O) groups is 2. The van der Waals surface area contributed by atoms with Crippen LogP contribution in [0.2, 0.25) is 0 Å². The minimum absolute atomic E-state index is 0.122. The number of amides is 2. The molecule has 3 N–H and O–H groups in total. The first-order valence-corrected chi connectivity index (χ1v) is 11.4. The van der Waals surface area contributed by atoms with Crippen LogP contribution in [0.5, 0.6) is 0 Å². The number of aromatic amines is 1. The van der Waals surface area contributed by atoms with Crippen molar-refractivity contribution in [2.75, 3.05) is 18.4 Å². The molecule has 1 aromatic carbocycles. The Kier molecular flexibility index (Phi) is 6.31. The summed E-state index contributed by atoms with van der Waals surface area (Å²) >= 11 is 0. The number of carbonyl (C=O) groups excluding carboxylic acids is 2. The molecule has 2 amide bonds. The Morgan fingerprint density at radius 2 is 1.85 bits per heavy atom. The monoisotopic (exact) mass is 454 g/mol. The van der Waals surface area contributed by atoms with Gasteiger partial charge in [-0.3, -0.25) is 19.5 Å². The number of aromatic nitrogens is 3. The largest absolute Gasteiger partial charge is 0.349 e. The summed E-state index contributed by atoms with van der Waals surface area (Å²) in [4.78, 5) is 39.4. The first-order valence-electron chi connectivity index (χ1n) is 11.4. The second-order valence-electron chi connectivity index (χ2n) is 8.52. The molecule has 1 aliphatic rings. The van der Waals surface area contributed by atoms with Crippen LogP contribution in [0, 0.1) is 0 Å². The van der Waals surface area contributed by atoms with Crippen LogP contribution in [-0.4, -0.2) is 50.8 Å². The molecule has 1 aliphatic heterocycles. The Balaban J connectivity index is 1.17. The Morgan fingerprint density at radius 1 is 1.03 bits per heavy atom. The van der Waals surface area contributed by atoms with Crippen LogP contribution in [0.15, 0.2) is 73.3 Å². The van der Waals surface area contributed by atoms with Crippen molar-refractivity contribution in [3.8, 4) is 0 Å². The zero-order chi connectivity index (χ0) is 23.3. The third-order valence-electron chi connectivity index (χ3n) is 6.13. The van der Waals surface area contributed by atoms with Gasteiger partial charge in [-0.2, -0.15) is 0 Å². The maximum atomic E-state index is 12.8. The van der Waals surface area contributed by atoms with Crippen LogP contribution in [0.25, 0.3) is 11.0 Å².